The maximum Gasteiger partial charge on any atom is 0.407 e. The third-order valence-electron chi connectivity index (χ3n) is 22.7. The number of anilines is 10. The number of para-hydroxylation sites is 5. The molecule has 0 bridgehead atoms. The number of amides is 1. The normalized spacial score (nSPS) is 11.1. The number of rotatable bonds is 35. The van der Waals surface area contributed by atoms with E-state index >= 15 is 0 Å². The van der Waals surface area contributed by atoms with Gasteiger partial charge in [0, 0.05) is 147 Å². The van der Waals surface area contributed by atoms with Crippen molar-refractivity contribution >= 4 is 119 Å². The number of alkyl carbamates (subject to hydrolysis) is 1. The molecule has 0 fully saturated rings. The van der Waals surface area contributed by atoms with Crippen molar-refractivity contribution in [2.24, 2.45) is 5.73 Å². The lowest BCUT2D eigenvalue weighted by Crippen LogP contribution is -2.33. The molecule has 1 amide bonds. The zero-order valence-corrected chi connectivity index (χ0v) is 80.9. The van der Waals surface area contributed by atoms with Gasteiger partial charge in [-0.15, -0.1) is 0 Å². The molecule has 0 aliphatic rings. The molecular formula is C113H113N27O5. The summed E-state index contributed by atoms with van der Waals surface area (Å²) in [5, 5.41) is 70.2. The van der Waals surface area contributed by atoms with Crippen molar-refractivity contribution in [3.05, 3.63) is 368 Å². The highest BCUT2D eigenvalue weighted by molar-refractivity contribution is 5.96. The van der Waals surface area contributed by atoms with Crippen LogP contribution in [-0.2, 0) is 52.9 Å². The van der Waals surface area contributed by atoms with E-state index in [9.17, 15) is 4.79 Å². The van der Waals surface area contributed by atoms with Gasteiger partial charge in [0.15, 0.2) is 58.2 Å². The highest BCUT2D eigenvalue weighted by Gasteiger charge is 2.21. The second-order valence-corrected chi connectivity index (χ2v) is 34.9. The van der Waals surface area contributed by atoms with Crippen molar-refractivity contribution in [1.29, 1.82) is 0 Å². The van der Waals surface area contributed by atoms with Crippen molar-refractivity contribution < 1.29 is 24.1 Å². The summed E-state index contributed by atoms with van der Waals surface area (Å²) in [6.45, 7) is 8.96. The lowest BCUT2D eigenvalue weighted by atomic mass is 10.2. The van der Waals surface area contributed by atoms with E-state index in [-0.39, 0.29) is 6.61 Å². The first-order valence-corrected chi connectivity index (χ1v) is 48.3. The van der Waals surface area contributed by atoms with Crippen LogP contribution in [0.4, 0.5) is 63.0 Å². The van der Waals surface area contributed by atoms with Gasteiger partial charge < -0.3 is 57.0 Å². The number of fused-ring (bicyclic) bond motifs is 5. The topological polar surface area (TPSA) is 435 Å². The van der Waals surface area contributed by atoms with Gasteiger partial charge in [-0.3, -0.25) is 25.5 Å². The molecule has 11 aromatic carbocycles. The number of methoxy groups -OCH3 is 1. The Morgan fingerprint density at radius 3 is 0.848 bits per heavy atom. The number of ether oxygens (including phenoxy) is 3. The summed E-state index contributed by atoms with van der Waals surface area (Å²) in [5.74, 6) is 10.6. The van der Waals surface area contributed by atoms with E-state index in [1.807, 2.05) is 342 Å². The van der Waals surface area contributed by atoms with Crippen LogP contribution < -0.4 is 37.6 Å². The number of carbonyl (C=O) groups is 1. The molecule has 21 aromatic rings. The number of benzene rings is 11. The van der Waals surface area contributed by atoms with Gasteiger partial charge >= 0.3 is 6.09 Å². The number of aliphatic hydroxyl groups is 1. The lowest BCUT2D eigenvalue weighted by molar-refractivity contribution is 0.0527. The molecule has 0 spiro atoms. The van der Waals surface area contributed by atoms with Crippen LogP contribution in [0.15, 0.2) is 334 Å². The van der Waals surface area contributed by atoms with Crippen LogP contribution in [0.1, 0.15) is 86.9 Å². The fourth-order valence-corrected chi connectivity index (χ4v) is 15.7. The van der Waals surface area contributed by atoms with Gasteiger partial charge in [-0.1, -0.05) is 243 Å². The van der Waals surface area contributed by atoms with Crippen LogP contribution in [0.2, 0.25) is 0 Å². The Balaban J connectivity index is 0.000000125. The molecule has 21 rings (SSSR count). The predicted molar refractivity (Wildman–Crippen MR) is 574 cm³/mol. The number of hydrogen-bond donors (Lipinski definition) is 13. The number of H-pyrrole nitrogens is 5. The second kappa shape index (κ2) is 49.9. The number of carbonyl (C=O) groups excluding carboxylic acids is 1. The number of aliphatic hydroxyl groups excluding tert-OH is 1. The van der Waals surface area contributed by atoms with Crippen LogP contribution in [0.25, 0.3) is 111 Å². The fraction of sp³-hybridized carbons (Fsp3) is 0.186. The molecule has 10 heterocycles. The molecule has 0 saturated heterocycles. The van der Waals surface area contributed by atoms with Crippen molar-refractivity contribution in [2.75, 3.05) is 66.6 Å². The van der Waals surface area contributed by atoms with Gasteiger partial charge in [0.05, 0.1) is 34.2 Å². The number of nitrogens with one attached hydrogen (secondary N) is 11. The zero-order chi connectivity index (χ0) is 99.6. The molecule has 0 saturated carbocycles. The van der Waals surface area contributed by atoms with E-state index in [0.717, 1.165) is 216 Å². The Bertz CT molecular complexity index is 7530. The highest BCUT2D eigenvalue weighted by atomic mass is 16.6. The highest BCUT2D eigenvalue weighted by Crippen LogP contribution is 2.35. The summed E-state index contributed by atoms with van der Waals surface area (Å²) in [4.78, 5) is 59.1. The van der Waals surface area contributed by atoms with Crippen LogP contribution >= 0.6 is 0 Å². The minimum absolute atomic E-state index is 0.165. The summed E-state index contributed by atoms with van der Waals surface area (Å²) in [6.07, 6.45) is 7.99. The summed E-state index contributed by atoms with van der Waals surface area (Å²) < 4.78 is 16.1. The van der Waals surface area contributed by atoms with Crippen molar-refractivity contribution in [1.82, 2.24) is 106 Å². The fourth-order valence-electron chi connectivity index (χ4n) is 15.7. The van der Waals surface area contributed by atoms with Crippen LogP contribution in [-0.4, -0.2) is 158 Å². The van der Waals surface area contributed by atoms with E-state index in [2.05, 4.69) is 100 Å². The third-order valence-corrected chi connectivity index (χ3v) is 22.7. The maximum atomic E-state index is 11.7. The quantitative estimate of drug-likeness (QED) is 0.0164. The minimum atomic E-state index is -0.500. The van der Waals surface area contributed by atoms with E-state index < -0.39 is 11.7 Å². The molecule has 0 aliphatic carbocycles. The summed E-state index contributed by atoms with van der Waals surface area (Å²) in [5.41, 5.74) is 20.6. The standard InChI is InChI=1S/C27H25N5O.C25H28N6O2.C21H21N5O.C20H20N6.C20H19N5O/c1-3-10-20(11-4-1)19-33-17-9-14-22-18-25(32-31-22)29-27-23-15-7-8-16-24(23)28-26(30-27)21-12-5-2-6-13-21;1-25(2,3)33-24(32)26-15-9-12-18-16-21(31-30-18)28-23-19-13-7-8-14-20(19)27-22(29-23)17-10-5-4-6-11-17;1-27-13-7-10-16-14-19(26-25-16)23-21-17-11-5-6-12-18(17)22-20(24-21)15-8-3-2-4-9-15;21-12-6-9-15-13-18(26-25-15)23-20-16-10-4-5-11-17(16)22-19(24-20)14-7-2-1-3-8-14;26-12-6-9-15-13-18(25-24-15)22-20-16-10-4-5-11-17(16)21-19(23-20)14-7-2-1-3-8-14/h1-8,10-13,15-16,18H,9,14,17,19H2,(H2,28,29,30,31,32);4-8,10-11,13-14,16H,9,12,15H2,1-3H3,(H,26,32)(H2,27,28,29,30,31);2-6,8-9,11-12,14H,7,10,13H2,1H3,(H2,22,23,24,25,26);1-5,7-8,10-11,13H,6,9,12,21H2,(H2,22,23,24,25,26);1-5,7-8,10-11,13,26H,6,9,12H2,(H2,21,22,23,24,25). The van der Waals surface area contributed by atoms with Gasteiger partial charge in [-0.25, -0.2) is 54.6 Å². The first kappa shape index (κ1) is 98.9. The van der Waals surface area contributed by atoms with Gasteiger partial charge in [0.1, 0.15) is 34.7 Å². The van der Waals surface area contributed by atoms with E-state index in [1.54, 1.807) is 7.11 Å². The second-order valence-electron chi connectivity index (χ2n) is 34.9. The molecule has 32 heteroatoms. The summed E-state index contributed by atoms with van der Waals surface area (Å²) in [7, 11) is 1.71. The van der Waals surface area contributed by atoms with Crippen LogP contribution in [0, 0.1) is 0 Å². The Hall–Kier alpha value is -17.7. The number of nitrogens with two attached hydrogens (primary N) is 1. The average molecular weight is 1930 g/mol. The Morgan fingerprint density at radius 2 is 0.572 bits per heavy atom. The number of aromatic nitrogens is 20. The zero-order valence-electron chi connectivity index (χ0n) is 80.9. The number of aryl methyl sites for hydroxylation is 5. The molecule has 10 aromatic heterocycles. The van der Waals surface area contributed by atoms with Crippen molar-refractivity contribution in [3.8, 4) is 56.9 Å². The van der Waals surface area contributed by atoms with E-state index in [4.69, 9.17) is 69.9 Å². The largest absolute Gasteiger partial charge is 0.444 e. The van der Waals surface area contributed by atoms with Crippen molar-refractivity contribution in [2.45, 2.75) is 97.2 Å². The summed E-state index contributed by atoms with van der Waals surface area (Å²) in [6, 6.07) is 110. The molecule has 14 N–H and O–H groups in total. The molecule has 0 radical (unpaired) electrons. The Kier molecular flexibility index (Phi) is 34.0. The van der Waals surface area contributed by atoms with Crippen LogP contribution in [0.3, 0.4) is 0 Å². The van der Waals surface area contributed by atoms with Gasteiger partial charge in [0.2, 0.25) is 0 Å². The van der Waals surface area contributed by atoms with Crippen LogP contribution in [0.5, 0.6) is 0 Å². The smallest absolute Gasteiger partial charge is 0.407 e. The van der Waals surface area contributed by atoms with E-state index in [1.165, 1.54) is 5.56 Å². The monoisotopic (exact) mass is 1930 g/mol. The van der Waals surface area contributed by atoms with Gasteiger partial charge in [0.25, 0.3) is 0 Å². The molecule has 32 nitrogen and oxygen atoms in total. The summed E-state index contributed by atoms with van der Waals surface area (Å²) >= 11 is 0. The molecular weight excluding hydrogens is 1820 g/mol. The number of hydrogen-bond acceptors (Lipinski definition) is 26. The number of aromatic amines is 5. The Morgan fingerprint density at radius 1 is 0.317 bits per heavy atom. The predicted octanol–water partition coefficient (Wildman–Crippen LogP) is 22.8. The van der Waals surface area contributed by atoms with Gasteiger partial charge in [-0.2, -0.15) is 25.5 Å². The van der Waals surface area contributed by atoms with Crippen molar-refractivity contribution in [3.63, 3.8) is 0 Å². The molecule has 0 unspecified atom stereocenters. The SMILES string of the molecule is CC(C)(C)OC(=O)NCCCc1cc(Nc2nc(-c3ccccc3)nc3ccccc23)n[nH]1.COCCCc1cc(Nc2nc(-c3ccccc3)nc3ccccc23)n[nH]1.NCCCc1cc(Nc2nc(-c3ccccc3)nc3ccccc23)n[nH]1.OCCCc1cc(Nc2nc(-c3ccccc3)nc3ccccc23)n[nH]1.c1ccc(COCCCc2cc(Nc3nc(-c4ccccc4)nc4ccccc34)n[nH]2)cc1. The lowest BCUT2D eigenvalue weighted by Gasteiger charge is -2.19. The molecule has 145 heavy (non-hydrogen) atoms. The first-order valence-electron chi connectivity index (χ1n) is 48.3. The third kappa shape index (κ3) is 28.1. The minimum Gasteiger partial charge on any atom is -0.444 e. The van der Waals surface area contributed by atoms with Gasteiger partial charge in [-0.05, 0) is 158 Å². The Labute approximate surface area is 838 Å². The average Bonchev–Trinajstić information content (AvgIpc) is 1.54. The molecule has 0 aliphatic heterocycles. The molecule has 0 atom stereocenters. The number of nitrogens with zero attached hydrogens (tertiary/aromatic N) is 15. The maximum absolute atomic E-state index is 11.7. The first-order chi connectivity index (χ1) is 71.2. The molecule has 730 valence electrons. The van der Waals surface area contributed by atoms with E-state index in [0.29, 0.717) is 79.3 Å².